The minimum atomic E-state index is -0.259. The fraction of sp³-hybridized carbons (Fsp3) is 0.429. The molecule has 22 heavy (non-hydrogen) atoms. The Balaban J connectivity index is 1.62. The molecule has 8 heteroatoms. The number of imidazole rings is 1. The van der Waals surface area contributed by atoms with Crippen LogP contribution in [0.4, 0.5) is 4.39 Å². The van der Waals surface area contributed by atoms with Crippen molar-refractivity contribution in [3.05, 3.63) is 29.8 Å². The molecule has 0 radical (unpaired) electrons. The highest BCUT2D eigenvalue weighted by molar-refractivity contribution is 7.98. The minimum Gasteiger partial charge on any atom is -0.328 e. The van der Waals surface area contributed by atoms with Crippen LogP contribution < -0.4 is 0 Å². The number of hydrogen-bond donors (Lipinski definition) is 0. The maximum absolute atomic E-state index is 13.4. The van der Waals surface area contributed by atoms with Gasteiger partial charge in [0, 0.05) is 12.6 Å². The van der Waals surface area contributed by atoms with Gasteiger partial charge in [0.25, 0.3) is 0 Å². The summed E-state index contributed by atoms with van der Waals surface area (Å²) in [6, 6.07) is 5.19. The maximum Gasteiger partial charge on any atom is 0.210 e. The average molecular weight is 318 g/mol. The molecule has 1 aliphatic rings. The number of fused-ring (bicyclic) bond motifs is 1. The van der Waals surface area contributed by atoms with E-state index < -0.39 is 0 Å². The highest BCUT2D eigenvalue weighted by atomic mass is 32.2. The lowest BCUT2D eigenvalue weighted by Crippen LogP contribution is -2.02. The SMILES string of the molecule is CCn1c(CSc2nnnn2C2CC2)nc2cc(F)ccc21. The number of tetrazole rings is 1. The van der Waals surface area contributed by atoms with Crippen LogP contribution in [-0.2, 0) is 12.3 Å². The molecule has 2 heterocycles. The molecule has 114 valence electrons. The molecule has 6 nitrogen and oxygen atoms in total. The third-order valence-corrected chi connectivity index (χ3v) is 4.72. The lowest BCUT2D eigenvalue weighted by Gasteiger charge is -2.05. The van der Waals surface area contributed by atoms with Crippen LogP contribution >= 0.6 is 11.8 Å². The molecule has 3 aromatic rings. The third kappa shape index (κ3) is 2.37. The van der Waals surface area contributed by atoms with Crippen molar-refractivity contribution < 1.29 is 4.39 Å². The molecule has 0 unspecified atom stereocenters. The van der Waals surface area contributed by atoms with Crippen molar-refractivity contribution in [2.24, 2.45) is 0 Å². The van der Waals surface area contributed by atoms with Gasteiger partial charge < -0.3 is 4.57 Å². The highest BCUT2D eigenvalue weighted by Gasteiger charge is 2.28. The molecule has 0 spiro atoms. The summed E-state index contributed by atoms with van der Waals surface area (Å²) in [4.78, 5) is 4.56. The van der Waals surface area contributed by atoms with E-state index in [2.05, 4.69) is 32.0 Å². The molecule has 0 bridgehead atoms. The lowest BCUT2D eigenvalue weighted by atomic mass is 10.3. The van der Waals surface area contributed by atoms with E-state index in [-0.39, 0.29) is 5.82 Å². The predicted octanol–water partition coefficient (Wildman–Crippen LogP) is 2.81. The number of benzene rings is 1. The van der Waals surface area contributed by atoms with E-state index in [4.69, 9.17) is 0 Å². The Hall–Kier alpha value is -1.96. The van der Waals surface area contributed by atoms with Gasteiger partial charge in [0.2, 0.25) is 5.16 Å². The number of aryl methyl sites for hydroxylation is 1. The van der Waals surface area contributed by atoms with Crippen molar-refractivity contribution >= 4 is 22.8 Å². The molecular weight excluding hydrogens is 303 g/mol. The zero-order chi connectivity index (χ0) is 15.1. The van der Waals surface area contributed by atoms with E-state index in [9.17, 15) is 4.39 Å². The van der Waals surface area contributed by atoms with Gasteiger partial charge in [0.1, 0.15) is 11.6 Å². The van der Waals surface area contributed by atoms with Crippen LogP contribution in [0.3, 0.4) is 0 Å². The molecule has 0 amide bonds. The summed E-state index contributed by atoms with van der Waals surface area (Å²) in [6.07, 6.45) is 2.29. The summed E-state index contributed by atoms with van der Waals surface area (Å²) in [5, 5.41) is 12.7. The molecule has 0 N–H and O–H groups in total. The van der Waals surface area contributed by atoms with Crippen LogP contribution in [-0.4, -0.2) is 29.8 Å². The van der Waals surface area contributed by atoms with E-state index in [1.165, 1.54) is 12.1 Å². The quantitative estimate of drug-likeness (QED) is 0.677. The van der Waals surface area contributed by atoms with Crippen molar-refractivity contribution in [2.45, 2.75) is 43.3 Å². The topological polar surface area (TPSA) is 61.4 Å². The van der Waals surface area contributed by atoms with E-state index in [0.29, 0.717) is 17.3 Å². The smallest absolute Gasteiger partial charge is 0.210 e. The van der Waals surface area contributed by atoms with Gasteiger partial charge in [0.05, 0.1) is 22.8 Å². The van der Waals surface area contributed by atoms with Crippen LogP contribution in [0.1, 0.15) is 31.6 Å². The molecule has 4 rings (SSSR count). The number of aromatic nitrogens is 6. The molecule has 2 aromatic heterocycles. The predicted molar refractivity (Wildman–Crippen MR) is 81.0 cm³/mol. The maximum atomic E-state index is 13.4. The monoisotopic (exact) mass is 318 g/mol. The number of nitrogens with zero attached hydrogens (tertiary/aromatic N) is 6. The number of halogens is 1. The summed E-state index contributed by atoms with van der Waals surface area (Å²) >= 11 is 1.57. The first kappa shape index (κ1) is 13.7. The Morgan fingerprint density at radius 3 is 3.00 bits per heavy atom. The minimum absolute atomic E-state index is 0.259. The third-order valence-electron chi connectivity index (χ3n) is 3.79. The number of hydrogen-bond acceptors (Lipinski definition) is 5. The molecule has 1 aliphatic carbocycles. The van der Waals surface area contributed by atoms with Crippen molar-refractivity contribution in [1.82, 2.24) is 29.8 Å². The molecule has 0 atom stereocenters. The first-order valence-corrected chi connectivity index (χ1v) is 8.30. The first-order chi connectivity index (χ1) is 10.8. The Labute approximate surface area is 130 Å². The Kier molecular flexibility index (Phi) is 3.33. The average Bonchev–Trinajstić information content (AvgIpc) is 3.14. The normalized spacial score (nSPS) is 14.8. The van der Waals surface area contributed by atoms with Crippen molar-refractivity contribution in [3.8, 4) is 0 Å². The second-order valence-corrected chi connectivity index (χ2v) is 6.27. The number of thioether (sulfide) groups is 1. The number of rotatable bonds is 5. The van der Waals surface area contributed by atoms with Gasteiger partial charge in [-0.05, 0) is 42.3 Å². The van der Waals surface area contributed by atoms with Crippen LogP contribution in [0.5, 0.6) is 0 Å². The van der Waals surface area contributed by atoms with Gasteiger partial charge in [-0.1, -0.05) is 11.8 Å². The largest absolute Gasteiger partial charge is 0.328 e. The Morgan fingerprint density at radius 1 is 1.36 bits per heavy atom. The zero-order valence-corrected chi connectivity index (χ0v) is 12.9. The van der Waals surface area contributed by atoms with Gasteiger partial charge >= 0.3 is 0 Å². The molecule has 0 saturated heterocycles. The molecule has 1 saturated carbocycles. The Morgan fingerprint density at radius 2 is 2.23 bits per heavy atom. The second-order valence-electron chi connectivity index (χ2n) is 5.33. The fourth-order valence-electron chi connectivity index (χ4n) is 2.57. The van der Waals surface area contributed by atoms with E-state index in [1.807, 2.05) is 4.68 Å². The van der Waals surface area contributed by atoms with Gasteiger partial charge in [-0.3, -0.25) is 0 Å². The van der Waals surface area contributed by atoms with Crippen LogP contribution in [0.25, 0.3) is 11.0 Å². The summed E-state index contributed by atoms with van der Waals surface area (Å²) in [5.74, 6) is 1.32. The van der Waals surface area contributed by atoms with Crippen molar-refractivity contribution in [2.75, 3.05) is 0 Å². The van der Waals surface area contributed by atoms with Gasteiger partial charge in [-0.25, -0.2) is 14.1 Å². The van der Waals surface area contributed by atoms with E-state index in [1.54, 1.807) is 17.8 Å². The summed E-state index contributed by atoms with van der Waals surface area (Å²) in [5.41, 5.74) is 1.65. The summed E-state index contributed by atoms with van der Waals surface area (Å²) < 4.78 is 17.4. The standard InChI is InChI=1S/C14H15FN6S/c1-2-20-12-6-3-9(15)7-11(12)16-13(20)8-22-14-17-18-19-21(14)10-4-5-10/h3,6-7,10H,2,4-5,8H2,1H3. The first-order valence-electron chi connectivity index (χ1n) is 7.31. The second kappa shape index (κ2) is 5.35. The highest BCUT2D eigenvalue weighted by Crippen LogP contribution is 2.37. The molecule has 1 fully saturated rings. The lowest BCUT2D eigenvalue weighted by molar-refractivity contribution is 0.565. The van der Waals surface area contributed by atoms with Gasteiger partial charge in [0.15, 0.2) is 0 Å². The molecule has 0 aliphatic heterocycles. The van der Waals surface area contributed by atoms with Crippen LogP contribution in [0.15, 0.2) is 23.4 Å². The molecule has 1 aromatic carbocycles. The van der Waals surface area contributed by atoms with Crippen molar-refractivity contribution in [1.29, 1.82) is 0 Å². The fourth-order valence-corrected chi connectivity index (χ4v) is 3.46. The molecular formula is C14H15FN6S. The van der Waals surface area contributed by atoms with Crippen LogP contribution in [0, 0.1) is 5.82 Å². The zero-order valence-electron chi connectivity index (χ0n) is 12.1. The summed E-state index contributed by atoms with van der Waals surface area (Å²) in [7, 11) is 0. The van der Waals surface area contributed by atoms with E-state index >= 15 is 0 Å². The van der Waals surface area contributed by atoms with E-state index in [0.717, 1.165) is 35.9 Å². The van der Waals surface area contributed by atoms with Crippen LogP contribution in [0.2, 0.25) is 0 Å². The van der Waals surface area contributed by atoms with Gasteiger partial charge in [-0.15, -0.1) is 5.10 Å². The Bertz CT molecular complexity index is 822. The summed E-state index contributed by atoms with van der Waals surface area (Å²) in [6.45, 7) is 2.86. The van der Waals surface area contributed by atoms with Gasteiger partial charge in [-0.2, -0.15) is 0 Å². The van der Waals surface area contributed by atoms with Crippen molar-refractivity contribution in [3.63, 3.8) is 0 Å².